The van der Waals surface area contributed by atoms with Gasteiger partial charge in [0.1, 0.15) is 5.82 Å². The number of nitrogens with one attached hydrogen (secondary N) is 1. The summed E-state index contributed by atoms with van der Waals surface area (Å²) in [5.41, 5.74) is 3.26. The molecular weight excluding hydrogens is 294 g/mol. The summed E-state index contributed by atoms with van der Waals surface area (Å²) in [5, 5.41) is 4.87. The van der Waals surface area contributed by atoms with Crippen LogP contribution in [0.15, 0.2) is 35.7 Å². The van der Waals surface area contributed by atoms with Crippen molar-refractivity contribution in [2.45, 2.75) is 25.3 Å². The van der Waals surface area contributed by atoms with E-state index in [9.17, 15) is 4.79 Å². The molecule has 1 aliphatic rings. The van der Waals surface area contributed by atoms with Crippen molar-refractivity contribution in [3.8, 4) is 0 Å². The number of rotatable bonds is 4. The molecule has 1 N–H and O–H groups in total. The molecule has 112 valence electrons. The van der Waals surface area contributed by atoms with E-state index in [2.05, 4.69) is 35.1 Å². The zero-order chi connectivity index (χ0) is 15.1. The average molecular weight is 311 g/mol. The summed E-state index contributed by atoms with van der Waals surface area (Å²) >= 11 is 1.46. The predicted molar refractivity (Wildman–Crippen MR) is 88.2 cm³/mol. The van der Waals surface area contributed by atoms with E-state index >= 15 is 0 Å². The third-order valence-corrected chi connectivity index (χ3v) is 4.99. The van der Waals surface area contributed by atoms with Gasteiger partial charge in [-0.15, -0.1) is 11.3 Å². The molecule has 0 unspecified atom stereocenters. The third-order valence-electron chi connectivity index (χ3n) is 4.12. The maximum Gasteiger partial charge on any atom is 0.261 e. The second-order valence-corrected chi connectivity index (χ2v) is 6.73. The quantitative estimate of drug-likeness (QED) is 0.802. The van der Waals surface area contributed by atoms with Crippen LogP contribution in [0, 0.1) is 0 Å². The molecule has 1 saturated carbocycles. The SMILES string of the molecule is Cn1c(C2CC2)nc2cc(CNC(=O)c3cccs3)ccc21. The number of imidazole rings is 1. The molecule has 0 spiro atoms. The van der Waals surface area contributed by atoms with Crippen LogP contribution in [0.1, 0.15) is 39.8 Å². The van der Waals surface area contributed by atoms with Gasteiger partial charge in [0, 0.05) is 19.5 Å². The molecule has 1 aromatic carbocycles. The lowest BCUT2D eigenvalue weighted by Crippen LogP contribution is -2.21. The van der Waals surface area contributed by atoms with Gasteiger partial charge in [-0.1, -0.05) is 12.1 Å². The second kappa shape index (κ2) is 5.25. The first-order chi connectivity index (χ1) is 10.7. The van der Waals surface area contributed by atoms with Crippen LogP contribution < -0.4 is 5.32 Å². The van der Waals surface area contributed by atoms with E-state index < -0.39 is 0 Å². The van der Waals surface area contributed by atoms with E-state index in [0.29, 0.717) is 12.5 Å². The first-order valence-electron chi connectivity index (χ1n) is 7.49. The molecule has 1 fully saturated rings. The molecular formula is C17H17N3OS. The summed E-state index contributed by atoms with van der Waals surface area (Å²) in [6.07, 6.45) is 2.50. The van der Waals surface area contributed by atoms with Gasteiger partial charge in [-0.3, -0.25) is 4.79 Å². The smallest absolute Gasteiger partial charge is 0.261 e. The zero-order valence-corrected chi connectivity index (χ0v) is 13.2. The summed E-state index contributed by atoms with van der Waals surface area (Å²) in [6.45, 7) is 0.530. The van der Waals surface area contributed by atoms with Crippen molar-refractivity contribution in [2.75, 3.05) is 0 Å². The number of amides is 1. The molecule has 22 heavy (non-hydrogen) atoms. The van der Waals surface area contributed by atoms with Crippen molar-refractivity contribution in [3.63, 3.8) is 0 Å². The molecule has 0 bridgehead atoms. The van der Waals surface area contributed by atoms with Gasteiger partial charge in [0.15, 0.2) is 0 Å². The van der Waals surface area contributed by atoms with Gasteiger partial charge in [-0.25, -0.2) is 4.98 Å². The third kappa shape index (κ3) is 2.41. The summed E-state index contributed by atoms with van der Waals surface area (Å²) in [4.78, 5) is 17.5. The van der Waals surface area contributed by atoms with Crippen LogP contribution in [0.4, 0.5) is 0 Å². The van der Waals surface area contributed by atoms with Gasteiger partial charge in [0.05, 0.1) is 15.9 Å². The van der Waals surface area contributed by atoms with Gasteiger partial charge in [-0.05, 0) is 42.0 Å². The van der Waals surface area contributed by atoms with E-state index in [1.165, 1.54) is 30.0 Å². The highest BCUT2D eigenvalue weighted by atomic mass is 32.1. The first kappa shape index (κ1) is 13.5. The molecule has 0 saturated heterocycles. The molecule has 2 heterocycles. The Balaban J connectivity index is 1.54. The summed E-state index contributed by atoms with van der Waals surface area (Å²) in [5.74, 6) is 1.81. The van der Waals surface area contributed by atoms with Gasteiger partial charge in [0.2, 0.25) is 0 Å². The number of aryl methyl sites for hydroxylation is 1. The van der Waals surface area contributed by atoms with Crippen LogP contribution in [0.25, 0.3) is 11.0 Å². The van der Waals surface area contributed by atoms with Crippen LogP contribution >= 0.6 is 11.3 Å². The number of carbonyl (C=O) groups is 1. The largest absolute Gasteiger partial charge is 0.347 e. The number of aromatic nitrogens is 2. The minimum absolute atomic E-state index is 0.0187. The van der Waals surface area contributed by atoms with Crippen molar-refractivity contribution in [2.24, 2.45) is 7.05 Å². The molecule has 0 atom stereocenters. The number of thiophene rings is 1. The molecule has 0 aliphatic heterocycles. The molecule has 4 nitrogen and oxygen atoms in total. The molecule has 5 heteroatoms. The topological polar surface area (TPSA) is 46.9 Å². The maximum atomic E-state index is 12.0. The Kier molecular flexibility index (Phi) is 3.22. The number of carbonyl (C=O) groups excluding carboxylic acids is 1. The Bertz CT molecular complexity index is 831. The normalized spacial score (nSPS) is 14.4. The van der Waals surface area contributed by atoms with Crippen LogP contribution in [0.5, 0.6) is 0 Å². The number of hydrogen-bond donors (Lipinski definition) is 1. The Labute approximate surface area is 132 Å². The summed E-state index contributed by atoms with van der Waals surface area (Å²) < 4.78 is 2.20. The van der Waals surface area contributed by atoms with Crippen LogP contribution in [0.2, 0.25) is 0 Å². The van der Waals surface area contributed by atoms with Crippen LogP contribution in [-0.2, 0) is 13.6 Å². The Morgan fingerprint density at radius 1 is 1.41 bits per heavy atom. The maximum absolute atomic E-state index is 12.0. The molecule has 0 radical (unpaired) electrons. The fourth-order valence-electron chi connectivity index (χ4n) is 2.76. The average Bonchev–Trinajstić information content (AvgIpc) is 3.11. The minimum atomic E-state index is -0.0187. The fraction of sp³-hybridized carbons (Fsp3) is 0.294. The lowest BCUT2D eigenvalue weighted by Gasteiger charge is -2.04. The molecule has 2 aromatic heterocycles. The number of benzene rings is 1. The molecule has 1 amide bonds. The van der Waals surface area contributed by atoms with E-state index in [-0.39, 0.29) is 5.91 Å². The molecule has 3 aromatic rings. The Hall–Kier alpha value is -2.14. The fourth-order valence-corrected chi connectivity index (χ4v) is 3.40. The second-order valence-electron chi connectivity index (χ2n) is 5.79. The van der Waals surface area contributed by atoms with Crippen molar-refractivity contribution in [3.05, 3.63) is 52.0 Å². The highest BCUT2D eigenvalue weighted by Gasteiger charge is 2.28. The van der Waals surface area contributed by atoms with Gasteiger partial charge in [0.25, 0.3) is 5.91 Å². The van der Waals surface area contributed by atoms with E-state index in [0.717, 1.165) is 21.5 Å². The summed E-state index contributed by atoms with van der Waals surface area (Å²) in [7, 11) is 2.08. The van der Waals surface area contributed by atoms with E-state index in [4.69, 9.17) is 4.98 Å². The van der Waals surface area contributed by atoms with Crippen molar-refractivity contribution < 1.29 is 4.79 Å². The van der Waals surface area contributed by atoms with Crippen molar-refractivity contribution in [1.82, 2.24) is 14.9 Å². The Morgan fingerprint density at radius 3 is 3.00 bits per heavy atom. The highest BCUT2D eigenvalue weighted by molar-refractivity contribution is 7.12. The van der Waals surface area contributed by atoms with Gasteiger partial charge >= 0.3 is 0 Å². The number of nitrogens with zero attached hydrogens (tertiary/aromatic N) is 2. The van der Waals surface area contributed by atoms with E-state index in [1.54, 1.807) is 0 Å². The highest BCUT2D eigenvalue weighted by Crippen LogP contribution is 2.40. The Morgan fingerprint density at radius 2 is 2.27 bits per heavy atom. The molecule has 1 aliphatic carbocycles. The van der Waals surface area contributed by atoms with Crippen molar-refractivity contribution >= 4 is 28.3 Å². The van der Waals surface area contributed by atoms with Crippen LogP contribution in [0.3, 0.4) is 0 Å². The van der Waals surface area contributed by atoms with E-state index in [1.807, 2.05) is 17.5 Å². The van der Waals surface area contributed by atoms with Crippen LogP contribution in [-0.4, -0.2) is 15.5 Å². The predicted octanol–water partition coefficient (Wildman–Crippen LogP) is 3.44. The summed E-state index contributed by atoms with van der Waals surface area (Å²) in [6, 6.07) is 9.97. The van der Waals surface area contributed by atoms with Gasteiger partial charge < -0.3 is 9.88 Å². The van der Waals surface area contributed by atoms with Gasteiger partial charge in [-0.2, -0.15) is 0 Å². The minimum Gasteiger partial charge on any atom is -0.347 e. The lowest BCUT2D eigenvalue weighted by molar-refractivity contribution is 0.0955. The standard InChI is InChI=1S/C17H17N3OS/c1-20-14-7-4-11(9-13(14)19-16(20)12-5-6-12)10-18-17(21)15-3-2-8-22-15/h2-4,7-9,12H,5-6,10H2,1H3,(H,18,21). The monoisotopic (exact) mass is 311 g/mol. The zero-order valence-electron chi connectivity index (χ0n) is 12.4. The first-order valence-corrected chi connectivity index (χ1v) is 8.37. The molecule has 4 rings (SSSR count). The lowest BCUT2D eigenvalue weighted by atomic mass is 10.2. The van der Waals surface area contributed by atoms with Crippen molar-refractivity contribution in [1.29, 1.82) is 0 Å². The number of hydrogen-bond acceptors (Lipinski definition) is 3. The number of fused-ring (bicyclic) bond motifs is 1.